The van der Waals surface area contributed by atoms with Crippen LogP contribution in [0.3, 0.4) is 0 Å². The van der Waals surface area contributed by atoms with Crippen molar-refractivity contribution in [2.45, 2.75) is 38.6 Å². The maximum absolute atomic E-state index is 12.6. The molecule has 1 heterocycles. The molecule has 2 aromatic rings. The van der Waals surface area contributed by atoms with Gasteiger partial charge in [-0.3, -0.25) is 0 Å². The Kier molecular flexibility index (Phi) is 4.32. The molecule has 1 aromatic carbocycles. The minimum atomic E-state index is -3.51. The fraction of sp³-hybridized carbons (Fsp3) is 0.333. The summed E-state index contributed by atoms with van der Waals surface area (Å²) in [5.41, 5.74) is 2.65. The third-order valence-corrected chi connectivity index (χ3v) is 6.08. The van der Waals surface area contributed by atoms with E-state index >= 15 is 0 Å². The van der Waals surface area contributed by atoms with Gasteiger partial charge in [-0.1, -0.05) is 23.8 Å². The normalized spacial score (nSPS) is 13.4. The summed E-state index contributed by atoms with van der Waals surface area (Å²) >= 11 is 1.55. The molecule has 0 amide bonds. The summed E-state index contributed by atoms with van der Waals surface area (Å²) in [6.45, 7) is 7.51. The predicted octanol–water partition coefficient (Wildman–Crippen LogP) is 3.71. The molecule has 0 saturated heterocycles. The van der Waals surface area contributed by atoms with E-state index in [9.17, 15) is 8.42 Å². The van der Waals surface area contributed by atoms with Crippen molar-refractivity contribution < 1.29 is 8.42 Å². The molecular weight excluding hydrogens is 290 g/mol. The summed E-state index contributed by atoms with van der Waals surface area (Å²) in [6.07, 6.45) is 0. The molecule has 1 N–H and O–H groups in total. The van der Waals surface area contributed by atoms with E-state index in [1.165, 1.54) is 0 Å². The van der Waals surface area contributed by atoms with E-state index in [0.29, 0.717) is 4.90 Å². The number of sulfonamides is 1. The Balaban J connectivity index is 2.37. The van der Waals surface area contributed by atoms with Crippen LogP contribution in [-0.4, -0.2) is 8.42 Å². The number of thiophene rings is 1. The molecule has 0 bridgehead atoms. The smallest absolute Gasteiger partial charge is 0.207 e. The first-order valence-electron chi connectivity index (χ1n) is 6.45. The molecule has 0 aliphatic rings. The fourth-order valence-electron chi connectivity index (χ4n) is 2.48. The summed E-state index contributed by atoms with van der Waals surface area (Å²) in [7, 11) is -3.51. The molecule has 1 aromatic heterocycles. The summed E-state index contributed by atoms with van der Waals surface area (Å²) in [4.78, 5) is 1.41. The minimum Gasteiger partial charge on any atom is -0.207 e. The molecule has 0 fully saturated rings. The van der Waals surface area contributed by atoms with Gasteiger partial charge in [0.05, 0.1) is 10.9 Å². The molecular formula is C15H19NO2S2. The lowest BCUT2D eigenvalue weighted by Crippen LogP contribution is -2.27. The summed E-state index contributed by atoms with van der Waals surface area (Å²) in [5.74, 6) is 0. The first-order valence-corrected chi connectivity index (χ1v) is 8.81. The number of rotatable bonds is 4. The standard InChI is InChI=1S/C15H19NO2S2/c1-10-8-11(2)15(12(3)9-10)20(17,18)16-13(4)14-6-5-7-19-14/h5-9,13,16H,1-4H3/t13-/m0/s1. The lowest BCUT2D eigenvalue weighted by atomic mass is 10.1. The number of aryl methyl sites for hydroxylation is 3. The van der Waals surface area contributed by atoms with Crippen molar-refractivity contribution in [3.8, 4) is 0 Å². The maximum atomic E-state index is 12.6. The van der Waals surface area contributed by atoms with Gasteiger partial charge in [0.25, 0.3) is 0 Å². The Morgan fingerprint density at radius 1 is 1.15 bits per heavy atom. The summed E-state index contributed by atoms with van der Waals surface area (Å²) in [5, 5.41) is 1.95. The topological polar surface area (TPSA) is 46.2 Å². The van der Waals surface area contributed by atoms with Gasteiger partial charge in [0.1, 0.15) is 0 Å². The van der Waals surface area contributed by atoms with Crippen LogP contribution in [-0.2, 0) is 10.0 Å². The molecule has 0 saturated carbocycles. The van der Waals surface area contributed by atoms with E-state index in [2.05, 4.69) is 4.72 Å². The van der Waals surface area contributed by atoms with Gasteiger partial charge in [-0.25, -0.2) is 13.1 Å². The van der Waals surface area contributed by atoms with Crippen LogP contribution in [0.2, 0.25) is 0 Å². The zero-order chi connectivity index (χ0) is 14.9. The van der Waals surface area contributed by atoms with E-state index in [-0.39, 0.29) is 6.04 Å². The largest absolute Gasteiger partial charge is 0.241 e. The van der Waals surface area contributed by atoms with Crippen LogP contribution in [0.25, 0.3) is 0 Å². The van der Waals surface area contributed by atoms with Crippen LogP contribution in [0, 0.1) is 20.8 Å². The molecule has 0 radical (unpaired) electrons. The Hall–Kier alpha value is -1.17. The van der Waals surface area contributed by atoms with Crippen molar-refractivity contribution in [2.75, 3.05) is 0 Å². The third-order valence-electron chi connectivity index (χ3n) is 3.18. The average molecular weight is 309 g/mol. The fourth-order valence-corrected chi connectivity index (χ4v) is 4.96. The lowest BCUT2D eigenvalue weighted by molar-refractivity contribution is 0.567. The van der Waals surface area contributed by atoms with Gasteiger partial charge in [0.15, 0.2) is 0 Å². The van der Waals surface area contributed by atoms with Crippen LogP contribution >= 0.6 is 11.3 Å². The van der Waals surface area contributed by atoms with Gasteiger partial charge in [-0.2, -0.15) is 0 Å². The quantitative estimate of drug-likeness (QED) is 0.935. The molecule has 108 valence electrons. The van der Waals surface area contributed by atoms with Gasteiger partial charge in [-0.15, -0.1) is 11.3 Å². The van der Waals surface area contributed by atoms with E-state index in [4.69, 9.17) is 0 Å². The van der Waals surface area contributed by atoms with Crippen LogP contribution in [0.5, 0.6) is 0 Å². The Labute approximate surface area is 124 Å². The maximum Gasteiger partial charge on any atom is 0.241 e. The van der Waals surface area contributed by atoms with Gasteiger partial charge in [-0.05, 0) is 50.3 Å². The molecule has 0 spiro atoms. The molecule has 2 rings (SSSR count). The summed E-state index contributed by atoms with van der Waals surface area (Å²) < 4.78 is 27.9. The molecule has 0 aliphatic heterocycles. The van der Waals surface area contributed by atoms with Crippen LogP contribution < -0.4 is 4.72 Å². The zero-order valence-electron chi connectivity index (χ0n) is 12.1. The van der Waals surface area contributed by atoms with Crippen molar-refractivity contribution in [3.63, 3.8) is 0 Å². The van der Waals surface area contributed by atoms with Crippen molar-refractivity contribution in [1.29, 1.82) is 0 Å². The van der Waals surface area contributed by atoms with Crippen molar-refractivity contribution >= 4 is 21.4 Å². The molecule has 20 heavy (non-hydrogen) atoms. The second-order valence-corrected chi connectivity index (χ2v) is 7.72. The first-order chi connectivity index (χ1) is 9.31. The zero-order valence-corrected chi connectivity index (χ0v) is 13.7. The van der Waals surface area contributed by atoms with Crippen LogP contribution in [0.1, 0.15) is 34.5 Å². The van der Waals surface area contributed by atoms with Crippen LogP contribution in [0.4, 0.5) is 0 Å². The average Bonchev–Trinajstić information content (AvgIpc) is 2.78. The van der Waals surface area contributed by atoms with E-state index < -0.39 is 10.0 Å². The first kappa shape index (κ1) is 15.2. The van der Waals surface area contributed by atoms with Gasteiger partial charge < -0.3 is 0 Å². The number of nitrogens with one attached hydrogen (secondary N) is 1. The highest BCUT2D eigenvalue weighted by molar-refractivity contribution is 7.89. The van der Waals surface area contributed by atoms with Gasteiger partial charge in [0, 0.05) is 4.88 Å². The number of benzene rings is 1. The molecule has 3 nitrogen and oxygen atoms in total. The van der Waals surface area contributed by atoms with E-state index in [1.807, 2.05) is 57.3 Å². The van der Waals surface area contributed by atoms with Gasteiger partial charge >= 0.3 is 0 Å². The van der Waals surface area contributed by atoms with Crippen molar-refractivity contribution in [3.05, 3.63) is 51.2 Å². The molecule has 1 atom stereocenters. The Bertz CT molecular complexity index is 680. The van der Waals surface area contributed by atoms with Crippen molar-refractivity contribution in [2.24, 2.45) is 0 Å². The number of hydrogen-bond donors (Lipinski definition) is 1. The van der Waals surface area contributed by atoms with Gasteiger partial charge in [0.2, 0.25) is 10.0 Å². The second-order valence-electron chi connectivity index (χ2n) is 5.09. The Morgan fingerprint density at radius 2 is 1.75 bits per heavy atom. The number of hydrogen-bond acceptors (Lipinski definition) is 3. The molecule has 0 aliphatic carbocycles. The molecule has 0 unspecified atom stereocenters. The van der Waals surface area contributed by atoms with E-state index in [1.54, 1.807) is 11.3 Å². The second kappa shape index (κ2) is 5.68. The minimum absolute atomic E-state index is 0.222. The van der Waals surface area contributed by atoms with Crippen molar-refractivity contribution in [1.82, 2.24) is 4.72 Å². The third kappa shape index (κ3) is 3.11. The molecule has 5 heteroatoms. The highest BCUT2D eigenvalue weighted by Gasteiger charge is 2.22. The highest BCUT2D eigenvalue weighted by Crippen LogP contribution is 2.25. The predicted molar refractivity (Wildman–Crippen MR) is 83.7 cm³/mol. The highest BCUT2D eigenvalue weighted by atomic mass is 32.2. The van der Waals surface area contributed by atoms with E-state index in [0.717, 1.165) is 21.6 Å². The lowest BCUT2D eigenvalue weighted by Gasteiger charge is -2.16. The monoisotopic (exact) mass is 309 g/mol. The Morgan fingerprint density at radius 3 is 2.25 bits per heavy atom. The van der Waals surface area contributed by atoms with Crippen LogP contribution in [0.15, 0.2) is 34.5 Å². The summed E-state index contributed by atoms with van der Waals surface area (Å²) in [6, 6.07) is 7.44. The SMILES string of the molecule is Cc1cc(C)c(S(=O)(=O)N[C@@H](C)c2cccs2)c(C)c1.